The molecule has 0 bridgehead atoms. The van der Waals surface area contributed by atoms with E-state index in [2.05, 4.69) is 6.92 Å². The fourth-order valence-corrected chi connectivity index (χ4v) is 1.22. The van der Waals surface area contributed by atoms with Crippen molar-refractivity contribution in [3.63, 3.8) is 0 Å². The number of furan rings is 1. The van der Waals surface area contributed by atoms with Crippen molar-refractivity contribution in [1.29, 1.82) is 0 Å². The van der Waals surface area contributed by atoms with E-state index in [1.165, 1.54) is 0 Å². The van der Waals surface area contributed by atoms with Crippen LogP contribution in [-0.2, 0) is 11.2 Å². The quantitative estimate of drug-likeness (QED) is 0.720. The first-order valence-corrected chi connectivity index (χ1v) is 5.00. The number of carbonyl (C=O) groups excluding carboxylic acids is 1. The highest BCUT2D eigenvalue weighted by atomic mass is 16.3. The van der Waals surface area contributed by atoms with Crippen LogP contribution in [0.4, 0.5) is 0 Å². The highest BCUT2D eigenvalue weighted by molar-refractivity contribution is 5.77. The minimum Gasteiger partial charge on any atom is -0.469 e. The largest absolute Gasteiger partial charge is 0.469 e. The van der Waals surface area contributed by atoms with E-state index in [1.807, 2.05) is 13.1 Å². The van der Waals surface area contributed by atoms with E-state index >= 15 is 0 Å². The van der Waals surface area contributed by atoms with Gasteiger partial charge in [0, 0.05) is 13.6 Å². The Morgan fingerprint density at radius 3 is 2.93 bits per heavy atom. The molecule has 1 rings (SSSR count). The number of rotatable bonds is 5. The lowest BCUT2D eigenvalue weighted by atomic mass is 10.2. The Morgan fingerprint density at radius 1 is 1.57 bits per heavy atom. The molecule has 0 saturated carbocycles. The second kappa shape index (κ2) is 5.47. The third kappa shape index (κ3) is 3.24. The standard InChI is InChI=1S/C11H17NO2/c1-3-4-7-12(2)11(13)9-10-6-5-8-14-10/h5-6,8H,3-4,7,9H2,1-2H3. The smallest absolute Gasteiger partial charge is 0.229 e. The van der Waals surface area contributed by atoms with Gasteiger partial charge >= 0.3 is 0 Å². The third-order valence-corrected chi connectivity index (χ3v) is 2.18. The Balaban J connectivity index is 2.34. The van der Waals surface area contributed by atoms with E-state index in [0.717, 1.165) is 25.1 Å². The molecule has 0 N–H and O–H groups in total. The summed E-state index contributed by atoms with van der Waals surface area (Å²) in [6, 6.07) is 3.63. The second-order valence-corrected chi connectivity index (χ2v) is 3.42. The number of hydrogen-bond donors (Lipinski definition) is 0. The molecule has 0 saturated heterocycles. The van der Waals surface area contributed by atoms with Crippen molar-refractivity contribution in [2.75, 3.05) is 13.6 Å². The number of hydrogen-bond acceptors (Lipinski definition) is 2. The van der Waals surface area contributed by atoms with E-state index in [4.69, 9.17) is 4.42 Å². The molecule has 0 atom stereocenters. The summed E-state index contributed by atoms with van der Waals surface area (Å²) in [4.78, 5) is 13.3. The van der Waals surface area contributed by atoms with Crippen molar-refractivity contribution in [1.82, 2.24) is 4.90 Å². The van der Waals surface area contributed by atoms with Crippen molar-refractivity contribution < 1.29 is 9.21 Å². The summed E-state index contributed by atoms with van der Waals surface area (Å²) in [6.07, 6.45) is 4.13. The molecule has 0 radical (unpaired) electrons. The summed E-state index contributed by atoms with van der Waals surface area (Å²) in [7, 11) is 1.83. The predicted molar refractivity (Wildman–Crippen MR) is 55.0 cm³/mol. The van der Waals surface area contributed by atoms with Gasteiger partial charge in [0.2, 0.25) is 5.91 Å². The normalized spacial score (nSPS) is 10.1. The Labute approximate surface area is 84.7 Å². The molecular formula is C11H17NO2. The first-order chi connectivity index (χ1) is 6.74. The van der Waals surface area contributed by atoms with Crippen LogP contribution in [0.25, 0.3) is 0 Å². The van der Waals surface area contributed by atoms with E-state index in [0.29, 0.717) is 6.42 Å². The molecule has 0 aliphatic rings. The van der Waals surface area contributed by atoms with E-state index in [-0.39, 0.29) is 5.91 Å². The summed E-state index contributed by atoms with van der Waals surface area (Å²) in [5.41, 5.74) is 0. The van der Waals surface area contributed by atoms with Gasteiger partial charge in [-0.1, -0.05) is 13.3 Å². The molecule has 0 unspecified atom stereocenters. The van der Waals surface area contributed by atoms with Crippen LogP contribution in [0.15, 0.2) is 22.8 Å². The summed E-state index contributed by atoms with van der Waals surface area (Å²) in [5.74, 6) is 0.853. The molecule has 0 fully saturated rings. The van der Waals surface area contributed by atoms with Crippen molar-refractivity contribution >= 4 is 5.91 Å². The van der Waals surface area contributed by atoms with Crippen molar-refractivity contribution in [2.24, 2.45) is 0 Å². The van der Waals surface area contributed by atoms with Gasteiger partial charge in [-0.2, -0.15) is 0 Å². The maximum atomic E-state index is 11.6. The molecular weight excluding hydrogens is 178 g/mol. The second-order valence-electron chi connectivity index (χ2n) is 3.42. The van der Waals surface area contributed by atoms with Gasteiger partial charge in [-0.3, -0.25) is 4.79 Å². The van der Waals surface area contributed by atoms with Crippen LogP contribution < -0.4 is 0 Å². The number of likely N-dealkylation sites (N-methyl/N-ethyl adjacent to an activating group) is 1. The Bertz CT molecular complexity index is 267. The van der Waals surface area contributed by atoms with Crippen LogP contribution >= 0.6 is 0 Å². The predicted octanol–water partition coefficient (Wildman–Crippen LogP) is 2.08. The van der Waals surface area contributed by atoms with E-state index in [9.17, 15) is 4.79 Å². The van der Waals surface area contributed by atoms with Crippen LogP contribution in [0.5, 0.6) is 0 Å². The maximum absolute atomic E-state index is 11.6. The van der Waals surface area contributed by atoms with Crippen molar-refractivity contribution in [2.45, 2.75) is 26.2 Å². The van der Waals surface area contributed by atoms with Gasteiger partial charge in [0.15, 0.2) is 0 Å². The Kier molecular flexibility index (Phi) is 4.23. The van der Waals surface area contributed by atoms with Crippen LogP contribution in [0.1, 0.15) is 25.5 Å². The average Bonchev–Trinajstić information content (AvgIpc) is 2.66. The molecule has 1 amide bonds. The molecule has 1 heterocycles. The average molecular weight is 195 g/mol. The summed E-state index contributed by atoms with van der Waals surface area (Å²) >= 11 is 0. The van der Waals surface area contributed by atoms with Gasteiger partial charge in [-0.05, 0) is 18.6 Å². The molecule has 0 aliphatic carbocycles. The van der Waals surface area contributed by atoms with Gasteiger partial charge in [0.25, 0.3) is 0 Å². The van der Waals surface area contributed by atoms with Gasteiger partial charge in [-0.15, -0.1) is 0 Å². The zero-order chi connectivity index (χ0) is 10.4. The van der Waals surface area contributed by atoms with Gasteiger partial charge in [-0.25, -0.2) is 0 Å². The minimum absolute atomic E-state index is 0.119. The highest BCUT2D eigenvalue weighted by Gasteiger charge is 2.10. The number of nitrogens with zero attached hydrogens (tertiary/aromatic N) is 1. The summed E-state index contributed by atoms with van der Waals surface area (Å²) < 4.78 is 5.11. The monoisotopic (exact) mass is 195 g/mol. The van der Waals surface area contributed by atoms with Gasteiger partial charge in [0.1, 0.15) is 5.76 Å². The van der Waals surface area contributed by atoms with Crippen LogP contribution in [0.2, 0.25) is 0 Å². The first-order valence-electron chi connectivity index (χ1n) is 5.00. The zero-order valence-corrected chi connectivity index (χ0v) is 8.82. The molecule has 3 nitrogen and oxygen atoms in total. The SMILES string of the molecule is CCCCN(C)C(=O)Cc1ccco1. The molecule has 14 heavy (non-hydrogen) atoms. The molecule has 3 heteroatoms. The first kappa shape index (κ1) is 10.8. The van der Waals surface area contributed by atoms with Crippen molar-refractivity contribution in [3.8, 4) is 0 Å². The third-order valence-electron chi connectivity index (χ3n) is 2.18. The summed E-state index contributed by atoms with van der Waals surface area (Å²) in [5, 5.41) is 0. The highest BCUT2D eigenvalue weighted by Crippen LogP contribution is 2.03. The van der Waals surface area contributed by atoms with Gasteiger partial charge < -0.3 is 9.32 Å². The molecule has 0 aliphatic heterocycles. The van der Waals surface area contributed by atoms with E-state index < -0.39 is 0 Å². The van der Waals surface area contributed by atoms with Crippen LogP contribution in [-0.4, -0.2) is 24.4 Å². The van der Waals surface area contributed by atoms with E-state index in [1.54, 1.807) is 17.2 Å². The lowest BCUT2D eigenvalue weighted by molar-refractivity contribution is -0.129. The topological polar surface area (TPSA) is 33.5 Å². The lowest BCUT2D eigenvalue weighted by Gasteiger charge is -2.15. The Hall–Kier alpha value is -1.25. The molecule has 0 aromatic carbocycles. The molecule has 78 valence electrons. The zero-order valence-electron chi connectivity index (χ0n) is 8.82. The van der Waals surface area contributed by atoms with Gasteiger partial charge in [0.05, 0.1) is 12.7 Å². The molecule has 1 aromatic rings. The molecule has 1 aromatic heterocycles. The number of carbonyl (C=O) groups is 1. The minimum atomic E-state index is 0.119. The maximum Gasteiger partial charge on any atom is 0.229 e. The fourth-order valence-electron chi connectivity index (χ4n) is 1.22. The van der Waals surface area contributed by atoms with Crippen molar-refractivity contribution in [3.05, 3.63) is 24.2 Å². The lowest BCUT2D eigenvalue weighted by Crippen LogP contribution is -2.28. The fraction of sp³-hybridized carbons (Fsp3) is 0.545. The number of amides is 1. The molecule has 0 spiro atoms. The summed E-state index contributed by atoms with van der Waals surface area (Å²) in [6.45, 7) is 2.95. The van der Waals surface area contributed by atoms with Crippen LogP contribution in [0.3, 0.4) is 0 Å². The number of unbranched alkanes of at least 4 members (excludes halogenated alkanes) is 1. The Morgan fingerprint density at radius 2 is 2.36 bits per heavy atom. The van der Waals surface area contributed by atoms with Crippen LogP contribution in [0, 0.1) is 0 Å².